The van der Waals surface area contributed by atoms with E-state index in [0.717, 1.165) is 6.26 Å². The minimum Gasteiger partial charge on any atom is -0.217 e. The fourth-order valence-corrected chi connectivity index (χ4v) is 0.954. The fourth-order valence-electron chi connectivity index (χ4n) is 0.954. The van der Waals surface area contributed by atoms with Gasteiger partial charge in [0, 0.05) is 6.26 Å². The average molecular weight is 249 g/mol. The van der Waals surface area contributed by atoms with Crippen LogP contribution in [-0.2, 0) is 14.7 Å². The number of rotatable bonds is 0. The first-order valence-corrected chi connectivity index (χ1v) is 7.16. The largest absolute Gasteiger partial charge is 0.217 e. The molecule has 1 aromatic rings. The van der Waals surface area contributed by atoms with E-state index in [2.05, 4.69) is 39.1 Å². The van der Waals surface area contributed by atoms with Crippen LogP contribution in [0.15, 0.2) is 24.3 Å². The van der Waals surface area contributed by atoms with Crippen molar-refractivity contribution in [1.82, 2.24) is 0 Å². The van der Waals surface area contributed by atoms with Gasteiger partial charge in [-0.15, -0.1) is 0 Å². The van der Waals surface area contributed by atoms with E-state index >= 15 is 0 Å². The lowest BCUT2D eigenvalue weighted by Gasteiger charge is -2.11. The Morgan fingerprint density at radius 1 is 1.33 bits per heavy atom. The number of hydrogen-bond donors (Lipinski definition) is 0. The monoisotopic (exact) mass is 248 g/mol. The topological polar surface area (TPSA) is 34.1 Å². The van der Waals surface area contributed by atoms with Crippen molar-refractivity contribution in [3.05, 3.63) is 35.4 Å². The smallest absolute Gasteiger partial charge is 0.206 e. The molecule has 0 saturated heterocycles. The van der Waals surface area contributed by atoms with Crippen molar-refractivity contribution >= 4 is 23.1 Å². The molecule has 0 saturated carbocycles. The van der Waals surface area contributed by atoms with Gasteiger partial charge in [-0.1, -0.05) is 24.3 Å². The first-order chi connectivity index (χ1) is 5.45. The standard InChI is InChI=1S/C7H6.CH3BrO2S/c1-2-6-4-7(3-1)5-6;1-5(2,3)4/h1-4H,5H2;1H3. The molecule has 0 atom stereocenters. The molecular formula is C8H9BrO2S. The van der Waals surface area contributed by atoms with Gasteiger partial charge >= 0.3 is 0 Å². The Morgan fingerprint density at radius 2 is 1.67 bits per heavy atom. The van der Waals surface area contributed by atoms with E-state index in [-0.39, 0.29) is 0 Å². The van der Waals surface area contributed by atoms with Crippen molar-refractivity contribution in [2.24, 2.45) is 0 Å². The lowest BCUT2D eigenvalue weighted by Crippen LogP contribution is -1.97. The summed E-state index contributed by atoms with van der Waals surface area (Å²) in [6.07, 6.45) is 2.30. The Balaban J connectivity index is 0.000000130. The van der Waals surface area contributed by atoms with Gasteiger partial charge in [0.1, 0.15) is 0 Å². The van der Waals surface area contributed by atoms with Gasteiger partial charge in [-0.2, -0.15) is 0 Å². The predicted octanol–water partition coefficient (Wildman–Crippen LogP) is 1.93. The Bertz CT molecular complexity index is 338. The van der Waals surface area contributed by atoms with Crippen LogP contribution < -0.4 is 0 Å². The van der Waals surface area contributed by atoms with Gasteiger partial charge in [-0.25, -0.2) is 8.42 Å². The molecule has 12 heavy (non-hydrogen) atoms. The van der Waals surface area contributed by atoms with Crippen LogP contribution in [0.25, 0.3) is 0 Å². The third kappa shape index (κ3) is 3.88. The summed E-state index contributed by atoms with van der Waals surface area (Å²) in [7, 11) is -2.85. The van der Waals surface area contributed by atoms with Crippen molar-refractivity contribution < 1.29 is 8.42 Å². The summed E-state index contributed by atoms with van der Waals surface area (Å²) in [5, 5.41) is 0. The number of halogens is 1. The first kappa shape index (κ1) is 9.74. The maximum absolute atomic E-state index is 9.55. The van der Waals surface area contributed by atoms with Crippen LogP contribution >= 0.6 is 14.8 Å². The lowest BCUT2D eigenvalue weighted by molar-refractivity contribution is 0.616. The zero-order valence-electron chi connectivity index (χ0n) is 6.62. The molecule has 0 unspecified atom stereocenters. The van der Waals surface area contributed by atoms with E-state index in [9.17, 15) is 8.42 Å². The van der Waals surface area contributed by atoms with Crippen molar-refractivity contribution in [2.75, 3.05) is 6.26 Å². The van der Waals surface area contributed by atoms with E-state index in [0.29, 0.717) is 0 Å². The minimum absolute atomic E-state index is 1.08. The molecule has 0 N–H and O–H groups in total. The van der Waals surface area contributed by atoms with E-state index in [1.54, 1.807) is 0 Å². The molecule has 4 heteroatoms. The van der Waals surface area contributed by atoms with Gasteiger partial charge in [0.15, 0.2) is 0 Å². The van der Waals surface area contributed by atoms with Gasteiger partial charge < -0.3 is 0 Å². The number of benzene rings is 1. The zero-order chi connectivity index (χ0) is 9.19. The van der Waals surface area contributed by atoms with Crippen LogP contribution in [0.1, 0.15) is 11.1 Å². The maximum atomic E-state index is 9.55. The summed E-state index contributed by atoms with van der Waals surface area (Å²) in [6, 6.07) is 8.65. The molecule has 0 aliphatic heterocycles. The molecule has 2 bridgehead atoms. The highest BCUT2D eigenvalue weighted by Gasteiger charge is 2.04. The molecule has 0 spiro atoms. The quantitative estimate of drug-likeness (QED) is 0.668. The van der Waals surface area contributed by atoms with Gasteiger partial charge in [0.05, 0.1) is 14.8 Å². The molecule has 2 nitrogen and oxygen atoms in total. The van der Waals surface area contributed by atoms with Gasteiger partial charge in [0.25, 0.3) is 0 Å². The van der Waals surface area contributed by atoms with Gasteiger partial charge in [-0.3, -0.25) is 0 Å². The minimum atomic E-state index is -2.85. The second-order valence-corrected chi connectivity index (χ2v) is 7.57. The first-order valence-electron chi connectivity index (χ1n) is 3.42. The fraction of sp³-hybridized carbons (Fsp3) is 0.250. The van der Waals surface area contributed by atoms with Crippen LogP contribution in [0.4, 0.5) is 0 Å². The summed E-state index contributed by atoms with van der Waals surface area (Å²) in [5.41, 5.74) is 2.97. The summed E-state index contributed by atoms with van der Waals surface area (Å²) in [5.74, 6) is 0. The van der Waals surface area contributed by atoms with Crippen LogP contribution in [0.5, 0.6) is 0 Å². The van der Waals surface area contributed by atoms with E-state index in [4.69, 9.17) is 0 Å². The molecule has 3 rings (SSSR count). The number of hydrogen-bond acceptors (Lipinski definition) is 2. The molecule has 1 aromatic carbocycles. The van der Waals surface area contributed by atoms with E-state index < -0.39 is 8.27 Å². The Labute approximate surface area is 79.7 Å². The van der Waals surface area contributed by atoms with E-state index in [1.165, 1.54) is 17.5 Å². The third-order valence-corrected chi connectivity index (χ3v) is 1.40. The molecule has 0 aromatic heterocycles. The molecule has 2 aliphatic carbocycles. The third-order valence-electron chi connectivity index (χ3n) is 1.40. The van der Waals surface area contributed by atoms with Crippen molar-refractivity contribution in [1.29, 1.82) is 0 Å². The maximum Gasteiger partial charge on any atom is 0.206 e. The molecule has 0 heterocycles. The zero-order valence-corrected chi connectivity index (χ0v) is 9.02. The molecule has 2 aliphatic rings. The predicted molar refractivity (Wildman–Crippen MR) is 53.0 cm³/mol. The highest BCUT2D eigenvalue weighted by molar-refractivity contribution is 9.47. The van der Waals surface area contributed by atoms with Crippen LogP contribution in [0.3, 0.4) is 0 Å². The summed E-state index contributed by atoms with van der Waals surface area (Å²) in [4.78, 5) is 0. The summed E-state index contributed by atoms with van der Waals surface area (Å²) < 4.78 is 19.1. The SMILES string of the molecule is CS(=O)(=O)Br.c1cc2cc(c1)C2. The second-order valence-electron chi connectivity index (χ2n) is 2.68. The molecule has 0 amide bonds. The van der Waals surface area contributed by atoms with Crippen LogP contribution in [-0.4, -0.2) is 14.7 Å². The normalized spacial score (nSPS) is 12.5. The van der Waals surface area contributed by atoms with Crippen LogP contribution in [0, 0.1) is 0 Å². The summed E-state index contributed by atoms with van der Waals surface area (Å²) >= 11 is 2.35. The average Bonchev–Trinajstić information content (AvgIpc) is 1.83. The van der Waals surface area contributed by atoms with E-state index in [1.807, 2.05) is 0 Å². The molecule has 0 fully saturated rings. The van der Waals surface area contributed by atoms with Crippen LogP contribution in [0.2, 0.25) is 0 Å². The van der Waals surface area contributed by atoms with Crippen molar-refractivity contribution in [3.8, 4) is 0 Å². The highest BCUT2D eigenvalue weighted by atomic mass is 79.9. The molecule has 0 radical (unpaired) electrons. The molecular weight excluding hydrogens is 240 g/mol. The Morgan fingerprint density at radius 3 is 1.75 bits per heavy atom. The lowest BCUT2D eigenvalue weighted by atomic mass is 9.94. The van der Waals surface area contributed by atoms with Gasteiger partial charge in [0.2, 0.25) is 8.27 Å². The van der Waals surface area contributed by atoms with Gasteiger partial charge in [-0.05, 0) is 17.5 Å². The number of fused-ring (bicyclic) bond motifs is 2. The Kier molecular flexibility index (Phi) is 2.90. The van der Waals surface area contributed by atoms with Crippen molar-refractivity contribution in [3.63, 3.8) is 0 Å². The summed E-state index contributed by atoms with van der Waals surface area (Å²) in [6.45, 7) is 0. The Hall–Kier alpha value is -0.350. The second kappa shape index (κ2) is 3.58. The highest BCUT2D eigenvalue weighted by Crippen LogP contribution is 2.18. The van der Waals surface area contributed by atoms with Crippen molar-refractivity contribution in [2.45, 2.75) is 6.42 Å². The molecule has 66 valence electrons.